The summed E-state index contributed by atoms with van der Waals surface area (Å²) in [5, 5.41) is 3.10. The van der Waals surface area contributed by atoms with Crippen LogP contribution in [-0.4, -0.2) is 45.5 Å². The number of benzene rings is 1. The topological polar surface area (TPSA) is 86.8 Å². The molecular formula is C17H18N6O. The van der Waals surface area contributed by atoms with Crippen LogP contribution in [0.5, 0.6) is 0 Å². The first-order valence-corrected chi connectivity index (χ1v) is 7.92. The van der Waals surface area contributed by atoms with Crippen molar-refractivity contribution >= 4 is 22.9 Å². The van der Waals surface area contributed by atoms with Crippen LogP contribution in [0.15, 0.2) is 43.0 Å². The Kier molecular flexibility index (Phi) is 3.60. The molecule has 0 aliphatic heterocycles. The summed E-state index contributed by atoms with van der Waals surface area (Å²) in [5.74, 6) is 1.09. The molecule has 2 atom stereocenters. The van der Waals surface area contributed by atoms with E-state index in [1.54, 1.807) is 11.2 Å². The molecule has 2 unspecified atom stereocenters. The largest absolute Gasteiger partial charge is 0.351 e. The third-order valence-corrected chi connectivity index (χ3v) is 4.31. The van der Waals surface area contributed by atoms with Crippen molar-refractivity contribution in [1.29, 1.82) is 0 Å². The molecule has 2 aromatic heterocycles. The molecule has 0 saturated heterocycles. The van der Waals surface area contributed by atoms with Gasteiger partial charge in [0.15, 0.2) is 11.5 Å². The molecule has 122 valence electrons. The average Bonchev–Trinajstić information content (AvgIpc) is 3.18. The molecule has 1 saturated carbocycles. The van der Waals surface area contributed by atoms with Crippen molar-refractivity contribution in [2.24, 2.45) is 0 Å². The number of nitrogens with zero attached hydrogens (tertiary/aromatic N) is 4. The molecule has 1 aliphatic carbocycles. The average molecular weight is 322 g/mol. The number of hydrogen-bond donors (Lipinski definition) is 2. The van der Waals surface area contributed by atoms with E-state index in [1.807, 2.05) is 25.2 Å². The predicted molar refractivity (Wildman–Crippen MR) is 90.7 cm³/mol. The number of carbonyl (C=O) groups is 1. The van der Waals surface area contributed by atoms with Gasteiger partial charge in [0.2, 0.25) is 5.91 Å². The summed E-state index contributed by atoms with van der Waals surface area (Å²) in [7, 11) is 1.84. The minimum atomic E-state index is -0.00721. The number of anilines is 1. The summed E-state index contributed by atoms with van der Waals surface area (Å²) in [5.41, 5.74) is 2.62. The highest BCUT2D eigenvalue weighted by molar-refractivity contribution is 5.87. The normalized spacial score (nSPS) is 19.2. The number of nitrogens with one attached hydrogen (secondary N) is 2. The van der Waals surface area contributed by atoms with E-state index in [2.05, 4.69) is 37.4 Å². The SMILES string of the molecule is CN(CC(=O)NC1CC1c1ccccc1)c1ncnc2nc[nH]c12. The Labute approximate surface area is 139 Å². The second-order valence-corrected chi connectivity index (χ2v) is 6.08. The van der Waals surface area contributed by atoms with E-state index in [0.29, 0.717) is 17.4 Å². The lowest BCUT2D eigenvalue weighted by Crippen LogP contribution is -2.37. The van der Waals surface area contributed by atoms with Crippen LogP contribution in [0.2, 0.25) is 0 Å². The number of fused-ring (bicyclic) bond motifs is 1. The number of aromatic nitrogens is 4. The van der Waals surface area contributed by atoms with E-state index in [0.717, 1.165) is 11.9 Å². The van der Waals surface area contributed by atoms with Crippen molar-refractivity contribution in [1.82, 2.24) is 25.3 Å². The molecule has 1 aliphatic rings. The van der Waals surface area contributed by atoms with Crippen LogP contribution in [0.4, 0.5) is 5.82 Å². The number of likely N-dealkylation sites (N-methyl/N-ethyl adjacent to an activating group) is 1. The number of amides is 1. The van der Waals surface area contributed by atoms with Crippen molar-refractivity contribution in [2.45, 2.75) is 18.4 Å². The molecule has 2 N–H and O–H groups in total. The highest BCUT2D eigenvalue weighted by atomic mass is 16.2. The molecule has 7 heteroatoms. The minimum Gasteiger partial charge on any atom is -0.351 e. The first-order chi connectivity index (χ1) is 11.7. The van der Waals surface area contributed by atoms with Crippen molar-refractivity contribution in [3.8, 4) is 0 Å². The third kappa shape index (κ3) is 2.80. The standard InChI is InChI=1S/C17H18N6O/c1-23(17-15-16(19-9-18-15)20-10-21-17)8-14(24)22-13-7-12(13)11-5-3-2-4-6-11/h2-6,9-10,12-13H,7-8H2,1H3,(H,22,24)(H,18,19,20,21). The number of hydrogen-bond acceptors (Lipinski definition) is 5. The maximum atomic E-state index is 12.3. The van der Waals surface area contributed by atoms with Crippen molar-refractivity contribution < 1.29 is 4.79 Å². The highest BCUT2D eigenvalue weighted by Crippen LogP contribution is 2.40. The van der Waals surface area contributed by atoms with Crippen LogP contribution in [0.25, 0.3) is 11.2 Å². The van der Waals surface area contributed by atoms with E-state index in [9.17, 15) is 4.79 Å². The maximum absolute atomic E-state index is 12.3. The van der Waals surface area contributed by atoms with Gasteiger partial charge in [-0.2, -0.15) is 0 Å². The third-order valence-electron chi connectivity index (χ3n) is 4.31. The van der Waals surface area contributed by atoms with Gasteiger partial charge in [0.1, 0.15) is 11.8 Å². The van der Waals surface area contributed by atoms with Crippen LogP contribution in [-0.2, 0) is 4.79 Å². The Hall–Kier alpha value is -2.96. The first kappa shape index (κ1) is 14.6. The summed E-state index contributed by atoms with van der Waals surface area (Å²) in [6, 6.07) is 10.5. The fraction of sp³-hybridized carbons (Fsp3) is 0.294. The molecular weight excluding hydrogens is 304 g/mol. The van der Waals surface area contributed by atoms with Crippen LogP contribution < -0.4 is 10.2 Å². The molecule has 3 aromatic rings. The van der Waals surface area contributed by atoms with Crippen molar-refractivity contribution in [3.05, 3.63) is 48.5 Å². The number of rotatable bonds is 5. The Balaban J connectivity index is 1.38. The van der Waals surface area contributed by atoms with Gasteiger partial charge in [0.25, 0.3) is 0 Å². The molecule has 7 nitrogen and oxygen atoms in total. The van der Waals surface area contributed by atoms with Gasteiger partial charge in [-0.1, -0.05) is 30.3 Å². The summed E-state index contributed by atoms with van der Waals surface area (Å²) in [6.45, 7) is 0.239. The first-order valence-electron chi connectivity index (χ1n) is 7.92. The molecule has 0 radical (unpaired) electrons. The lowest BCUT2D eigenvalue weighted by atomic mass is 10.1. The number of carbonyl (C=O) groups excluding carboxylic acids is 1. The van der Waals surface area contributed by atoms with Gasteiger partial charge in [-0.25, -0.2) is 15.0 Å². The Morgan fingerprint density at radius 2 is 2.12 bits per heavy atom. The predicted octanol–water partition coefficient (Wildman–Crippen LogP) is 1.46. The van der Waals surface area contributed by atoms with E-state index in [-0.39, 0.29) is 18.5 Å². The number of aromatic amines is 1. The summed E-state index contributed by atoms with van der Waals surface area (Å²) >= 11 is 0. The summed E-state index contributed by atoms with van der Waals surface area (Å²) in [6.07, 6.45) is 4.03. The second kappa shape index (κ2) is 5.92. The summed E-state index contributed by atoms with van der Waals surface area (Å²) in [4.78, 5) is 29.6. The Morgan fingerprint density at radius 1 is 1.29 bits per heavy atom. The molecule has 4 rings (SSSR count). The van der Waals surface area contributed by atoms with Crippen LogP contribution in [0, 0.1) is 0 Å². The zero-order valence-corrected chi connectivity index (χ0v) is 13.3. The smallest absolute Gasteiger partial charge is 0.239 e. The molecule has 1 fully saturated rings. The fourth-order valence-corrected chi connectivity index (χ4v) is 3.01. The van der Waals surface area contributed by atoms with E-state index in [4.69, 9.17) is 0 Å². The van der Waals surface area contributed by atoms with E-state index >= 15 is 0 Å². The van der Waals surface area contributed by atoms with Gasteiger partial charge in [0.05, 0.1) is 12.9 Å². The lowest BCUT2D eigenvalue weighted by Gasteiger charge is -2.17. The number of imidazole rings is 1. The van der Waals surface area contributed by atoms with Crippen LogP contribution >= 0.6 is 0 Å². The second-order valence-electron chi connectivity index (χ2n) is 6.08. The summed E-state index contributed by atoms with van der Waals surface area (Å²) < 4.78 is 0. The van der Waals surface area contributed by atoms with Gasteiger partial charge >= 0.3 is 0 Å². The highest BCUT2D eigenvalue weighted by Gasteiger charge is 2.39. The monoisotopic (exact) mass is 322 g/mol. The van der Waals surface area contributed by atoms with Gasteiger partial charge in [-0.15, -0.1) is 0 Å². The van der Waals surface area contributed by atoms with E-state index in [1.165, 1.54) is 11.9 Å². The Bertz CT molecular complexity index is 862. The van der Waals surface area contributed by atoms with Crippen molar-refractivity contribution in [2.75, 3.05) is 18.5 Å². The van der Waals surface area contributed by atoms with Crippen LogP contribution in [0.1, 0.15) is 17.9 Å². The molecule has 2 heterocycles. The number of H-pyrrole nitrogens is 1. The minimum absolute atomic E-state index is 0.00721. The Morgan fingerprint density at radius 3 is 2.96 bits per heavy atom. The zero-order chi connectivity index (χ0) is 16.5. The van der Waals surface area contributed by atoms with Gasteiger partial charge in [0, 0.05) is 19.0 Å². The lowest BCUT2D eigenvalue weighted by molar-refractivity contribution is -0.119. The molecule has 0 spiro atoms. The molecule has 0 bridgehead atoms. The molecule has 1 aromatic carbocycles. The van der Waals surface area contributed by atoms with Crippen LogP contribution in [0.3, 0.4) is 0 Å². The fourth-order valence-electron chi connectivity index (χ4n) is 3.01. The molecule has 1 amide bonds. The quantitative estimate of drug-likeness (QED) is 0.743. The van der Waals surface area contributed by atoms with Gasteiger partial charge < -0.3 is 15.2 Å². The zero-order valence-electron chi connectivity index (χ0n) is 13.3. The maximum Gasteiger partial charge on any atom is 0.239 e. The van der Waals surface area contributed by atoms with Crippen molar-refractivity contribution in [3.63, 3.8) is 0 Å². The molecule has 24 heavy (non-hydrogen) atoms. The van der Waals surface area contributed by atoms with Gasteiger partial charge in [-0.3, -0.25) is 4.79 Å². The van der Waals surface area contributed by atoms with Gasteiger partial charge in [-0.05, 0) is 12.0 Å². The van der Waals surface area contributed by atoms with E-state index < -0.39 is 0 Å².